The highest BCUT2D eigenvalue weighted by Crippen LogP contribution is 2.36. The van der Waals surface area contributed by atoms with Gasteiger partial charge in [0.2, 0.25) is 0 Å². The molecule has 2 N–H and O–H groups in total. The molecule has 1 unspecified atom stereocenters. The van der Waals surface area contributed by atoms with Crippen LogP contribution in [0.4, 0.5) is 0 Å². The summed E-state index contributed by atoms with van der Waals surface area (Å²) in [7, 11) is 1.64. The Labute approximate surface area is 205 Å². The molecule has 1 aromatic rings. The van der Waals surface area contributed by atoms with Crippen LogP contribution in [0.15, 0.2) is 48.7 Å². The molecule has 0 radical (unpaired) electrons. The minimum atomic E-state index is -0.297. The van der Waals surface area contributed by atoms with Crippen LogP contribution in [0.5, 0.6) is 5.75 Å². The summed E-state index contributed by atoms with van der Waals surface area (Å²) in [6, 6.07) is 4.27. The number of ketones is 2. The molecule has 0 saturated heterocycles. The summed E-state index contributed by atoms with van der Waals surface area (Å²) in [6.07, 6.45) is 7.74. The SMILES string of the molecule is C=C/C(=C\NCC(C)(C)C)c1cc2c(cc1OC)/C(=C/C(=O)/C(=C\C)C(C)=O)NC(C(C)C)C2. The summed E-state index contributed by atoms with van der Waals surface area (Å²) < 4.78 is 5.75. The van der Waals surface area contributed by atoms with Crippen molar-refractivity contribution < 1.29 is 14.3 Å². The van der Waals surface area contributed by atoms with Crippen LogP contribution in [0.1, 0.15) is 65.2 Å². The van der Waals surface area contributed by atoms with E-state index in [1.165, 1.54) is 6.92 Å². The smallest absolute Gasteiger partial charge is 0.191 e. The lowest BCUT2D eigenvalue weighted by Gasteiger charge is -2.33. The highest BCUT2D eigenvalue weighted by atomic mass is 16.5. The summed E-state index contributed by atoms with van der Waals surface area (Å²) in [5.74, 6) is 0.517. The maximum atomic E-state index is 12.9. The van der Waals surface area contributed by atoms with Gasteiger partial charge in [0.25, 0.3) is 0 Å². The van der Waals surface area contributed by atoms with Gasteiger partial charge in [-0.15, -0.1) is 0 Å². The van der Waals surface area contributed by atoms with Crippen molar-refractivity contribution in [3.63, 3.8) is 0 Å². The Morgan fingerprint density at radius 1 is 1.29 bits per heavy atom. The van der Waals surface area contributed by atoms with Crippen LogP contribution in [0.2, 0.25) is 0 Å². The predicted octanol–water partition coefficient (Wildman–Crippen LogP) is 5.47. The van der Waals surface area contributed by atoms with Gasteiger partial charge >= 0.3 is 0 Å². The Balaban J connectivity index is 2.61. The first kappa shape index (κ1) is 27.2. The number of fused-ring (bicyclic) bond motifs is 1. The Bertz CT molecular complexity index is 1040. The van der Waals surface area contributed by atoms with Gasteiger partial charge in [0.15, 0.2) is 11.6 Å². The number of Topliss-reactive ketones (excluding diaryl/α,β-unsaturated/α-hetero) is 1. The Morgan fingerprint density at radius 3 is 2.47 bits per heavy atom. The van der Waals surface area contributed by atoms with Crippen LogP contribution in [-0.2, 0) is 16.0 Å². The Kier molecular flexibility index (Phi) is 9.08. The number of methoxy groups -OCH3 is 1. The second-order valence-electron chi connectivity index (χ2n) is 10.3. The van der Waals surface area contributed by atoms with E-state index in [0.29, 0.717) is 17.4 Å². The average Bonchev–Trinajstić information content (AvgIpc) is 2.75. The molecule has 0 bridgehead atoms. The minimum absolute atomic E-state index is 0.150. The molecular formula is C29H40N2O3. The third-order valence-corrected chi connectivity index (χ3v) is 5.93. The van der Waals surface area contributed by atoms with Crippen molar-refractivity contribution in [2.75, 3.05) is 13.7 Å². The molecule has 34 heavy (non-hydrogen) atoms. The number of ether oxygens (including phenoxy) is 1. The first-order valence-electron chi connectivity index (χ1n) is 11.9. The van der Waals surface area contributed by atoms with E-state index in [0.717, 1.165) is 35.2 Å². The highest BCUT2D eigenvalue weighted by molar-refractivity contribution is 6.24. The fourth-order valence-corrected chi connectivity index (χ4v) is 3.97. The van der Waals surface area contributed by atoms with Crippen LogP contribution in [-0.4, -0.2) is 31.3 Å². The van der Waals surface area contributed by atoms with Gasteiger partial charge in [0.05, 0.1) is 12.7 Å². The molecule has 5 heteroatoms. The van der Waals surface area contributed by atoms with E-state index in [-0.39, 0.29) is 28.6 Å². The first-order chi connectivity index (χ1) is 15.9. The number of hydrogen-bond donors (Lipinski definition) is 2. The number of benzene rings is 1. The fraction of sp³-hybridized carbons (Fsp3) is 0.448. The summed E-state index contributed by atoms with van der Waals surface area (Å²) in [5, 5.41) is 6.92. The number of hydrogen-bond acceptors (Lipinski definition) is 5. The molecule has 0 fully saturated rings. The zero-order valence-electron chi connectivity index (χ0n) is 22.0. The van der Waals surface area contributed by atoms with Crippen molar-refractivity contribution >= 4 is 22.8 Å². The van der Waals surface area contributed by atoms with Crippen LogP contribution in [0.25, 0.3) is 11.3 Å². The largest absolute Gasteiger partial charge is 0.496 e. The zero-order chi connectivity index (χ0) is 25.6. The molecule has 0 amide bonds. The number of allylic oxidation sites excluding steroid dienone is 5. The standard InChI is InChI=1S/C29H40N2O3/c1-10-20(16-30-17-29(6,7)8)24-12-21-13-25(18(3)4)31-26(23(21)14-28(24)34-9)15-27(33)22(11-2)19(5)32/h10-12,14-16,18,25,30-31H,1,13,17H2,2-9H3/b20-16+,22-11-,26-15-. The lowest BCUT2D eigenvalue weighted by Crippen LogP contribution is -2.39. The molecule has 0 saturated carbocycles. The minimum Gasteiger partial charge on any atom is -0.496 e. The maximum absolute atomic E-state index is 12.9. The van der Waals surface area contributed by atoms with E-state index < -0.39 is 0 Å². The summed E-state index contributed by atoms with van der Waals surface area (Å²) in [4.78, 5) is 24.8. The van der Waals surface area contributed by atoms with E-state index in [4.69, 9.17) is 4.74 Å². The quantitative estimate of drug-likeness (QED) is 0.219. The van der Waals surface area contributed by atoms with Gasteiger partial charge in [0, 0.05) is 47.3 Å². The van der Waals surface area contributed by atoms with Gasteiger partial charge in [-0.25, -0.2) is 0 Å². The molecule has 0 aliphatic carbocycles. The molecule has 1 aliphatic rings. The van der Waals surface area contributed by atoms with E-state index in [2.05, 4.69) is 57.9 Å². The van der Waals surface area contributed by atoms with Crippen LogP contribution >= 0.6 is 0 Å². The maximum Gasteiger partial charge on any atom is 0.191 e. The van der Waals surface area contributed by atoms with Crippen molar-refractivity contribution in [3.8, 4) is 5.75 Å². The molecule has 184 valence electrons. The zero-order valence-corrected chi connectivity index (χ0v) is 22.0. The Morgan fingerprint density at radius 2 is 1.97 bits per heavy atom. The van der Waals surface area contributed by atoms with Crippen LogP contribution in [0, 0.1) is 11.3 Å². The molecule has 0 spiro atoms. The lowest BCUT2D eigenvalue weighted by atomic mass is 9.85. The van der Waals surface area contributed by atoms with Crippen molar-refractivity contribution in [3.05, 3.63) is 65.4 Å². The van der Waals surface area contributed by atoms with Crippen molar-refractivity contribution in [2.45, 2.75) is 60.9 Å². The molecule has 1 atom stereocenters. The fourth-order valence-electron chi connectivity index (χ4n) is 3.97. The molecule has 1 aromatic carbocycles. The molecular weight excluding hydrogens is 424 g/mol. The number of carbonyl (C=O) groups excluding carboxylic acids is 2. The summed E-state index contributed by atoms with van der Waals surface area (Å²) >= 11 is 0. The molecule has 2 rings (SSSR count). The second kappa shape index (κ2) is 11.4. The van der Waals surface area contributed by atoms with E-state index in [1.54, 1.807) is 26.2 Å². The number of rotatable bonds is 9. The number of carbonyl (C=O) groups is 2. The normalized spacial score (nSPS) is 17.8. The van der Waals surface area contributed by atoms with E-state index in [1.807, 2.05) is 18.3 Å². The van der Waals surface area contributed by atoms with Crippen molar-refractivity contribution in [1.82, 2.24) is 10.6 Å². The van der Waals surface area contributed by atoms with Gasteiger partial charge in [-0.2, -0.15) is 0 Å². The molecule has 1 heterocycles. The molecule has 5 nitrogen and oxygen atoms in total. The highest BCUT2D eigenvalue weighted by Gasteiger charge is 2.27. The third-order valence-electron chi connectivity index (χ3n) is 5.93. The summed E-state index contributed by atoms with van der Waals surface area (Å²) in [6.45, 7) is 18.8. The number of nitrogens with one attached hydrogen (secondary N) is 2. The van der Waals surface area contributed by atoms with E-state index in [9.17, 15) is 9.59 Å². The van der Waals surface area contributed by atoms with Crippen molar-refractivity contribution in [2.24, 2.45) is 11.3 Å². The topological polar surface area (TPSA) is 67.4 Å². The van der Waals surface area contributed by atoms with Crippen molar-refractivity contribution in [1.29, 1.82) is 0 Å². The Hall–Kier alpha value is -3.08. The first-order valence-corrected chi connectivity index (χ1v) is 11.9. The average molecular weight is 465 g/mol. The lowest BCUT2D eigenvalue weighted by molar-refractivity contribution is -0.118. The van der Waals surface area contributed by atoms with Gasteiger partial charge in [-0.3, -0.25) is 9.59 Å². The van der Waals surface area contributed by atoms with Gasteiger partial charge in [0.1, 0.15) is 5.75 Å². The second-order valence-corrected chi connectivity index (χ2v) is 10.3. The summed E-state index contributed by atoms with van der Waals surface area (Å²) in [5.41, 5.74) is 4.98. The third kappa shape index (κ3) is 6.72. The van der Waals surface area contributed by atoms with Crippen LogP contribution in [0.3, 0.4) is 0 Å². The van der Waals surface area contributed by atoms with Gasteiger partial charge in [-0.1, -0.05) is 53.3 Å². The predicted molar refractivity (Wildman–Crippen MR) is 142 cm³/mol. The van der Waals surface area contributed by atoms with Gasteiger partial charge in [-0.05, 0) is 49.3 Å². The van der Waals surface area contributed by atoms with Crippen LogP contribution < -0.4 is 15.4 Å². The van der Waals surface area contributed by atoms with Gasteiger partial charge < -0.3 is 15.4 Å². The molecule has 1 aliphatic heterocycles. The monoisotopic (exact) mass is 464 g/mol. The van der Waals surface area contributed by atoms with E-state index >= 15 is 0 Å². The molecule has 0 aromatic heterocycles.